The van der Waals surface area contributed by atoms with Crippen molar-refractivity contribution in [2.45, 2.75) is 31.4 Å². The van der Waals surface area contributed by atoms with Crippen molar-refractivity contribution in [3.63, 3.8) is 0 Å². The molecule has 2 heterocycles. The third-order valence-electron chi connectivity index (χ3n) is 3.11. The van der Waals surface area contributed by atoms with Crippen LogP contribution in [0.25, 0.3) is 0 Å². The van der Waals surface area contributed by atoms with E-state index in [9.17, 15) is 4.79 Å². The molecule has 0 aromatic carbocycles. The van der Waals surface area contributed by atoms with Gasteiger partial charge in [-0.1, -0.05) is 0 Å². The lowest BCUT2D eigenvalue weighted by atomic mass is 10.2. The average molecular weight is 198 g/mol. The number of nitrogens with one attached hydrogen (secondary N) is 1. The summed E-state index contributed by atoms with van der Waals surface area (Å²) in [7, 11) is 1.95. The Balaban J connectivity index is 1.86. The van der Waals surface area contributed by atoms with E-state index in [2.05, 4.69) is 5.32 Å². The number of carbonyl (C=O) groups is 1. The lowest BCUT2D eigenvalue weighted by molar-refractivity contribution is -0.139. The van der Waals surface area contributed by atoms with Crippen LogP contribution in [0.3, 0.4) is 0 Å². The molecular weight excluding hydrogens is 180 g/mol. The molecule has 4 nitrogen and oxygen atoms in total. The van der Waals surface area contributed by atoms with Gasteiger partial charge in [0.15, 0.2) is 0 Å². The molecule has 2 rings (SSSR count). The number of likely N-dealkylation sites (N-methyl/N-ethyl adjacent to an activating group) is 1. The van der Waals surface area contributed by atoms with Crippen molar-refractivity contribution in [2.24, 2.45) is 0 Å². The van der Waals surface area contributed by atoms with E-state index < -0.39 is 0 Å². The Labute approximate surface area is 84.6 Å². The highest BCUT2D eigenvalue weighted by Gasteiger charge is 2.32. The molecule has 1 amide bonds. The first kappa shape index (κ1) is 9.93. The monoisotopic (exact) mass is 198 g/mol. The Morgan fingerprint density at radius 1 is 1.50 bits per heavy atom. The normalized spacial score (nSPS) is 32.5. The summed E-state index contributed by atoms with van der Waals surface area (Å²) in [4.78, 5) is 13.8. The lowest BCUT2D eigenvalue weighted by Gasteiger charge is -2.19. The molecule has 2 aliphatic heterocycles. The van der Waals surface area contributed by atoms with Gasteiger partial charge in [-0.05, 0) is 26.3 Å². The number of likely N-dealkylation sites (tertiary alicyclic amines) is 1. The molecule has 0 aromatic heterocycles. The van der Waals surface area contributed by atoms with Crippen LogP contribution in [0, 0.1) is 0 Å². The minimum Gasteiger partial charge on any atom is -0.368 e. The molecule has 80 valence electrons. The number of rotatable bonds is 2. The Morgan fingerprint density at radius 3 is 2.93 bits per heavy atom. The number of hydrogen-bond donors (Lipinski definition) is 1. The van der Waals surface area contributed by atoms with Crippen LogP contribution in [0.5, 0.6) is 0 Å². The molecule has 0 bridgehead atoms. The largest absolute Gasteiger partial charge is 0.368 e. The SMILES string of the molecule is CNC1CCN(C(=O)C2CCCO2)C1. The predicted octanol–water partition coefficient (Wildman–Crippen LogP) is -0.0143. The second-order valence-corrected chi connectivity index (χ2v) is 4.06. The molecular formula is C10H18N2O2. The summed E-state index contributed by atoms with van der Waals surface area (Å²) in [6, 6.07) is 0.473. The molecule has 0 aromatic rings. The second-order valence-electron chi connectivity index (χ2n) is 4.06. The van der Waals surface area contributed by atoms with E-state index in [4.69, 9.17) is 4.74 Å². The van der Waals surface area contributed by atoms with Crippen LogP contribution in [-0.4, -0.2) is 49.7 Å². The Hall–Kier alpha value is -0.610. The number of hydrogen-bond acceptors (Lipinski definition) is 3. The van der Waals surface area contributed by atoms with Crippen LogP contribution >= 0.6 is 0 Å². The number of carbonyl (C=O) groups excluding carboxylic acids is 1. The lowest BCUT2D eigenvalue weighted by Crippen LogP contribution is -2.39. The maximum Gasteiger partial charge on any atom is 0.251 e. The van der Waals surface area contributed by atoms with Crippen LogP contribution in [-0.2, 0) is 9.53 Å². The maximum atomic E-state index is 11.9. The quantitative estimate of drug-likeness (QED) is 0.678. The summed E-state index contributed by atoms with van der Waals surface area (Å²) >= 11 is 0. The third-order valence-corrected chi connectivity index (χ3v) is 3.11. The van der Waals surface area contributed by atoms with Crippen molar-refractivity contribution in [1.82, 2.24) is 10.2 Å². The van der Waals surface area contributed by atoms with Gasteiger partial charge in [0, 0.05) is 25.7 Å². The Morgan fingerprint density at radius 2 is 2.36 bits per heavy atom. The molecule has 0 radical (unpaired) electrons. The molecule has 1 N–H and O–H groups in total. The number of ether oxygens (including phenoxy) is 1. The Kier molecular flexibility index (Phi) is 3.03. The van der Waals surface area contributed by atoms with Gasteiger partial charge >= 0.3 is 0 Å². The van der Waals surface area contributed by atoms with E-state index in [1.54, 1.807) is 0 Å². The van der Waals surface area contributed by atoms with Crippen molar-refractivity contribution < 1.29 is 9.53 Å². The highest BCUT2D eigenvalue weighted by atomic mass is 16.5. The molecule has 0 spiro atoms. The van der Waals surface area contributed by atoms with Crippen LogP contribution in [0.2, 0.25) is 0 Å². The maximum absolute atomic E-state index is 11.9. The molecule has 0 saturated carbocycles. The molecule has 2 fully saturated rings. The molecule has 0 aliphatic carbocycles. The van der Waals surface area contributed by atoms with Crippen LogP contribution < -0.4 is 5.32 Å². The summed E-state index contributed by atoms with van der Waals surface area (Å²) in [6.45, 7) is 2.47. The fraction of sp³-hybridized carbons (Fsp3) is 0.900. The second kappa shape index (κ2) is 4.28. The van der Waals surface area contributed by atoms with E-state index in [1.807, 2.05) is 11.9 Å². The van der Waals surface area contributed by atoms with Crippen molar-refractivity contribution >= 4 is 5.91 Å². The first-order chi connectivity index (χ1) is 6.81. The summed E-state index contributed by atoms with van der Waals surface area (Å²) in [5.41, 5.74) is 0. The van der Waals surface area contributed by atoms with Gasteiger partial charge in [0.05, 0.1) is 0 Å². The summed E-state index contributed by atoms with van der Waals surface area (Å²) in [6.07, 6.45) is 2.85. The Bertz CT molecular complexity index is 214. The van der Waals surface area contributed by atoms with Crippen LogP contribution in [0.4, 0.5) is 0 Å². The molecule has 2 saturated heterocycles. The molecule has 4 heteroatoms. The van der Waals surface area contributed by atoms with Gasteiger partial charge < -0.3 is 15.0 Å². The van der Waals surface area contributed by atoms with E-state index in [0.29, 0.717) is 6.04 Å². The smallest absolute Gasteiger partial charge is 0.251 e. The predicted molar refractivity (Wildman–Crippen MR) is 53.0 cm³/mol. The topological polar surface area (TPSA) is 41.6 Å². The van der Waals surface area contributed by atoms with Gasteiger partial charge in [0.1, 0.15) is 6.10 Å². The van der Waals surface area contributed by atoms with Crippen LogP contribution in [0.1, 0.15) is 19.3 Å². The summed E-state index contributed by atoms with van der Waals surface area (Å²) in [5, 5.41) is 3.20. The minimum absolute atomic E-state index is 0.148. The van der Waals surface area contributed by atoms with Gasteiger partial charge in [-0.15, -0.1) is 0 Å². The number of nitrogens with zero attached hydrogens (tertiary/aromatic N) is 1. The summed E-state index contributed by atoms with van der Waals surface area (Å²) < 4.78 is 5.38. The van der Waals surface area contributed by atoms with E-state index in [-0.39, 0.29) is 12.0 Å². The molecule has 2 atom stereocenters. The fourth-order valence-corrected chi connectivity index (χ4v) is 2.17. The van der Waals surface area contributed by atoms with E-state index in [1.165, 1.54) is 0 Å². The fourth-order valence-electron chi connectivity index (χ4n) is 2.17. The van der Waals surface area contributed by atoms with Crippen LogP contribution in [0.15, 0.2) is 0 Å². The molecule has 14 heavy (non-hydrogen) atoms. The molecule has 2 aliphatic rings. The van der Waals surface area contributed by atoms with Crippen molar-refractivity contribution in [2.75, 3.05) is 26.7 Å². The third kappa shape index (κ3) is 1.91. The van der Waals surface area contributed by atoms with Gasteiger partial charge in [0.25, 0.3) is 5.91 Å². The van der Waals surface area contributed by atoms with E-state index >= 15 is 0 Å². The van der Waals surface area contributed by atoms with Gasteiger partial charge in [0.2, 0.25) is 0 Å². The number of amides is 1. The highest BCUT2D eigenvalue weighted by molar-refractivity contribution is 5.81. The van der Waals surface area contributed by atoms with Crippen molar-refractivity contribution in [3.8, 4) is 0 Å². The molecule has 2 unspecified atom stereocenters. The standard InChI is InChI=1S/C10H18N2O2/c1-11-8-4-5-12(7-8)10(13)9-3-2-6-14-9/h8-9,11H,2-7H2,1H3. The van der Waals surface area contributed by atoms with Crippen molar-refractivity contribution in [1.29, 1.82) is 0 Å². The minimum atomic E-state index is -0.148. The highest BCUT2D eigenvalue weighted by Crippen LogP contribution is 2.18. The van der Waals surface area contributed by atoms with E-state index in [0.717, 1.165) is 39.0 Å². The van der Waals surface area contributed by atoms with Gasteiger partial charge in [-0.3, -0.25) is 4.79 Å². The van der Waals surface area contributed by atoms with Gasteiger partial charge in [-0.25, -0.2) is 0 Å². The first-order valence-electron chi connectivity index (χ1n) is 5.39. The zero-order valence-corrected chi connectivity index (χ0v) is 8.66. The van der Waals surface area contributed by atoms with Gasteiger partial charge in [-0.2, -0.15) is 0 Å². The zero-order chi connectivity index (χ0) is 9.97. The average Bonchev–Trinajstić information content (AvgIpc) is 2.88. The zero-order valence-electron chi connectivity index (χ0n) is 8.66. The first-order valence-corrected chi connectivity index (χ1v) is 5.39. The van der Waals surface area contributed by atoms with Crippen molar-refractivity contribution in [3.05, 3.63) is 0 Å². The summed E-state index contributed by atoms with van der Waals surface area (Å²) in [5.74, 6) is 0.195.